The zero-order chi connectivity index (χ0) is 15.8. The summed E-state index contributed by atoms with van der Waals surface area (Å²) in [4.78, 5) is 14.2. The fraction of sp³-hybridized carbons (Fsp3) is 0.562. The minimum Gasteiger partial charge on any atom is -0.489 e. The van der Waals surface area contributed by atoms with Crippen molar-refractivity contribution in [2.75, 3.05) is 32.0 Å². The number of benzene rings is 1. The molecular formula is C16H26N2O3. The monoisotopic (exact) mass is 294 g/mol. The fourth-order valence-corrected chi connectivity index (χ4v) is 2.06. The average Bonchev–Trinajstić information content (AvgIpc) is 2.44. The van der Waals surface area contributed by atoms with Crippen LogP contribution in [0.15, 0.2) is 18.2 Å². The highest BCUT2D eigenvalue weighted by Crippen LogP contribution is 2.24. The van der Waals surface area contributed by atoms with Gasteiger partial charge in [-0.3, -0.25) is 4.79 Å². The largest absolute Gasteiger partial charge is 0.489 e. The Morgan fingerprint density at radius 3 is 2.62 bits per heavy atom. The maximum absolute atomic E-state index is 12.2. The Hall–Kier alpha value is -1.59. The molecule has 0 amide bonds. The lowest BCUT2D eigenvalue weighted by Gasteiger charge is -2.18. The molecule has 0 radical (unpaired) electrons. The van der Waals surface area contributed by atoms with Crippen LogP contribution in [0.2, 0.25) is 0 Å². The van der Waals surface area contributed by atoms with Gasteiger partial charge >= 0.3 is 0 Å². The van der Waals surface area contributed by atoms with Gasteiger partial charge in [0, 0.05) is 25.1 Å². The van der Waals surface area contributed by atoms with E-state index in [4.69, 9.17) is 15.6 Å². The van der Waals surface area contributed by atoms with Gasteiger partial charge < -0.3 is 20.5 Å². The zero-order valence-electron chi connectivity index (χ0n) is 13.1. The van der Waals surface area contributed by atoms with E-state index in [9.17, 15) is 4.79 Å². The van der Waals surface area contributed by atoms with Gasteiger partial charge in [-0.05, 0) is 38.6 Å². The molecule has 0 aromatic heterocycles. The smallest absolute Gasteiger partial charge is 0.164 e. The maximum atomic E-state index is 12.2. The standard InChI is InChI=1S/C16H26N2O3/c1-4-18(9-10-19)8-7-15(20)13-5-6-16(14(17)11-13)21-12(2)3/h5-6,11-12,19H,4,7-10,17H2,1-3H3. The Bertz CT molecular complexity index is 461. The van der Waals surface area contributed by atoms with Crippen LogP contribution in [0.25, 0.3) is 0 Å². The Kier molecular flexibility index (Phi) is 7.19. The first-order valence-corrected chi connectivity index (χ1v) is 7.40. The summed E-state index contributed by atoms with van der Waals surface area (Å²) in [6, 6.07) is 5.16. The third-order valence-electron chi connectivity index (χ3n) is 3.21. The number of rotatable bonds is 9. The van der Waals surface area contributed by atoms with Gasteiger partial charge in [-0.25, -0.2) is 0 Å². The van der Waals surface area contributed by atoms with Crippen LogP contribution in [0.1, 0.15) is 37.6 Å². The number of nitrogens with zero attached hydrogens (tertiary/aromatic N) is 1. The molecule has 0 spiro atoms. The minimum absolute atomic E-state index is 0.0467. The molecule has 0 atom stereocenters. The number of hydrogen-bond acceptors (Lipinski definition) is 5. The summed E-state index contributed by atoms with van der Waals surface area (Å²) in [5.74, 6) is 0.659. The van der Waals surface area contributed by atoms with E-state index < -0.39 is 0 Å². The number of ether oxygens (including phenoxy) is 1. The third kappa shape index (κ3) is 5.73. The molecule has 0 heterocycles. The molecule has 0 aliphatic heterocycles. The van der Waals surface area contributed by atoms with Crippen LogP contribution >= 0.6 is 0 Å². The molecular weight excluding hydrogens is 268 g/mol. The lowest BCUT2D eigenvalue weighted by Crippen LogP contribution is -2.29. The van der Waals surface area contributed by atoms with Gasteiger partial charge in [0.1, 0.15) is 5.75 Å². The SMILES string of the molecule is CCN(CCO)CCC(=O)c1ccc(OC(C)C)c(N)c1. The summed E-state index contributed by atoms with van der Waals surface area (Å²) < 4.78 is 5.55. The number of anilines is 1. The van der Waals surface area contributed by atoms with E-state index >= 15 is 0 Å². The summed E-state index contributed by atoms with van der Waals surface area (Å²) in [5, 5.41) is 8.93. The van der Waals surface area contributed by atoms with Gasteiger partial charge in [-0.15, -0.1) is 0 Å². The molecule has 1 aromatic carbocycles. The normalized spacial score (nSPS) is 11.1. The van der Waals surface area contributed by atoms with Crippen molar-refractivity contribution in [1.29, 1.82) is 0 Å². The highest BCUT2D eigenvalue weighted by molar-refractivity contribution is 5.97. The number of Topliss-reactive ketones (excluding diaryl/α,β-unsaturated/α-hetero) is 1. The van der Waals surface area contributed by atoms with E-state index in [0.29, 0.717) is 36.5 Å². The number of carbonyl (C=O) groups is 1. The van der Waals surface area contributed by atoms with E-state index in [1.807, 2.05) is 25.7 Å². The van der Waals surface area contributed by atoms with E-state index in [1.54, 1.807) is 18.2 Å². The Balaban J connectivity index is 2.64. The molecule has 0 bridgehead atoms. The first kappa shape index (κ1) is 17.5. The van der Waals surface area contributed by atoms with Crippen LogP contribution in [0.4, 0.5) is 5.69 Å². The van der Waals surface area contributed by atoms with Crippen LogP contribution < -0.4 is 10.5 Å². The highest BCUT2D eigenvalue weighted by Gasteiger charge is 2.11. The number of aliphatic hydroxyl groups is 1. The van der Waals surface area contributed by atoms with Gasteiger partial charge in [-0.1, -0.05) is 6.92 Å². The van der Waals surface area contributed by atoms with Crippen LogP contribution in [0, 0.1) is 0 Å². The molecule has 0 aliphatic rings. The van der Waals surface area contributed by atoms with Gasteiger partial charge in [0.25, 0.3) is 0 Å². The molecule has 0 saturated heterocycles. The molecule has 5 heteroatoms. The summed E-state index contributed by atoms with van der Waals surface area (Å²) in [7, 11) is 0. The molecule has 5 nitrogen and oxygen atoms in total. The van der Waals surface area contributed by atoms with Crippen molar-refractivity contribution in [2.24, 2.45) is 0 Å². The van der Waals surface area contributed by atoms with Crippen molar-refractivity contribution in [2.45, 2.75) is 33.3 Å². The zero-order valence-corrected chi connectivity index (χ0v) is 13.1. The number of nitrogens with two attached hydrogens (primary N) is 1. The molecule has 1 aromatic rings. The van der Waals surface area contributed by atoms with Gasteiger partial charge in [0.2, 0.25) is 0 Å². The van der Waals surface area contributed by atoms with Crippen molar-refractivity contribution in [3.8, 4) is 5.75 Å². The Labute approximate surface area is 126 Å². The van der Waals surface area contributed by atoms with Gasteiger partial charge in [0.05, 0.1) is 18.4 Å². The predicted molar refractivity (Wildman–Crippen MR) is 84.8 cm³/mol. The van der Waals surface area contributed by atoms with Crippen molar-refractivity contribution in [3.05, 3.63) is 23.8 Å². The van der Waals surface area contributed by atoms with Crippen molar-refractivity contribution in [3.63, 3.8) is 0 Å². The van der Waals surface area contributed by atoms with E-state index in [2.05, 4.69) is 0 Å². The van der Waals surface area contributed by atoms with Crippen LogP contribution in [0.5, 0.6) is 5.75 Å². The first-order valence-electron chi connectivity index (χ1n) is 7.40. The molecule has 0 unspecified atom stereocenters. The lowest BCUT2D eigenvalue weighted by molar-refractivity contribution is 0.0959. The maximum Gasteiger partial charge on any atom is 0.164 e. The van der Waals surface area contributed by atoms with Crippen LogP contribution in [0.3, 0.4) is 0 Å². The quantitative estimate of drug-likeness (QED) is 0.538. The van der Waals surface area contributed by atoms with Crippen molar-refractivity contribution < 1.29 is 14.6 Å². The van der Waals surface area contributed by atoms with Crippen molar-refractivity contribution in [1.82, 2.24) is 4.90 Å². The van der Waals surface area contributed by atoms with Crippen LogP contribution in [-0.4, -0.2) is 48.1 Å². The van der Waals surface area contributed by atoms with Gasteiger partial charge in [-0.2, -0.15) is 0 Å². The second-order valence-corrected chi connectivity index (χ2v) is 5.25. The first-order chi connectivity index (χ1) is 9.97. The number of carbonyl (C=O) groups excluding carboxylic acids is 1. The highest BCUT2D eigenvalue weighted by atomic mass is 16.5. The molecule has 3 N–H and O–H groups in total. The van der Waals surface area contributed by atoms with E-state index in [1.165, 1.54) is 0 Å². The number of hydrogen-bond donors (Lipinski definition) is 2. The summed E-state index contributed by atoms with van der Waals surface area (Å²) in [6.07, 6.45) is 0.461. The summed E-state index contributed by atoms with van der Waals surface area (Å²) in [6.45, 7) is 8.02. The average molecular weight is 294 g/mol. The molecule has 0 fully saturated rings. The van der Waals surface area contributed by atoms with Gasteiger partial charge in [0.15, 0.2) is 5.78 Å². The number of ketones is 1. The number of likely N-dealkylation sites (N-methyl/N-ethyl adjacent to an activating group) is 1. The summed E-state index contributed by atoms with van der Waals surface area (Å²) >= 11 is 0. The van der Waals surface area contributed by atoms with Crippen LogP contribution in [-0.2, 0) is 0 Å². The fourth-order valence-electron chi connectivity index (χ4n) is 2.06. The Morgan fingerprint density at radius 2 is 2.10 bits per heavy atom. The summed E-state index contributed by atoms with van der Waals surface area (Å²) in [5.41, 5.74) is 7.00. The second-order valence-electron chi connectivity index (χ2n) is 5.25. The van der Waals surface area contributed by atoms with Crippen molar-refractivity contribution >= 4 is 11.5 Å². The van der Waals surface area contributed by atoms with E-state index in [0.717, 1.165) is 6.54 Å². The molecule has 0 aliphatic carbocycles. The predicted octanol–water partition coefficient (Wildman–Crippen LogP) is 1.94. The lowest BCUT2D eigenvalue weighted by atomic mass is 10.1. The third-order valence-corrected chi connectivity index (χ3v) is 3.21. The molecule has 0 saturated carbocycles. The topological polar surface area (TPSA) is 75.8 Å². The van der Waals surface area contributed by atoms with E-state index in [-0.39, 0.29) is 18.5 Å². The molecule has 1 rings (SSSR count). The second kappa shape index (κ2) is 8.64. The number of nitrogen functional groups attached to an aromatic ring is 1. The number of aliphatic hydroxyl groups excluding tert-OH is 1. The molecule has 118 valence electrons. The Morgan fingerprint density at radius 1 is 1.38 bits per heavy atom. The molecule has 21 heavy (non-hydrogen) atoms. The minimum atomic E-state index is 0.0467.